The predicted molar refractivity (Wildman–Crippen MR) is 99.0 cm³/mol. The van der Waals surface area contributed by atoms with E-state index in [0.29, 0.717) is 18.9 Å². The van der Waals surface area contributed by atoms with Gasteiger partial charge >= 0.3 is 0 Å². The van der Waals surface area contributed by atoms with Crippen LogP contribution in [0.4, 0.5) is 4.39 Å². The van der Waals surface area contributed by atoms with E-state index < -0.39 is 0 Å². The highest BCUT2D eigenvalue weighted by Crippen LogP contribution is 2.26. The third-order valence-corrected chi connectivity index (χ3v) is 5.77. The van der Waals surface area contributed by atoms with Crippen molar-refractivity contribution in [1.82, 2.24) is 30.1 Å². The Bertz CT molecular complexity index is 959. The number of tetrazole rings is 1. The van der Waals surface area contributed by atoms with Gasteiger partial charge in [-0.05, 0) is 56.2 Å². The lowest BCUT2D eigenvalue weighted by Gasteiger charge is -2.30. The fourth-order valence-electron chi connectivity index (χ4n) is 3.27. The van der Waals surface area contributed by atoms with Crippen molar-refractivity contribution in [3.63, 3.8) is 0 Å². The Labute approximate surface area is 159 Å². The largest absolute Gasteiger partial charge is 0.338 e. The summed E-state index contributed by atoms with van der Waals surface area (Å²) >= 11 is 1.45. The number of halogens is 1. The molecule has 2 aromatic heterocycles. The minimum atomic E-state index is -0.297. The Morgan fingerprint density at radius 2 is 1.89 bits per heavy atom. The van der Waals surface area contributed by atoms with Crippen molar-refractivity contribution in [3.8, 4) is 11.4 Å². The normalized spacial score (nSPS) is 15.3. The molecular formula is C18H19FN6OS. The summed E-state index contributed by atoms with van der Waals surface area (Å²) in [6.45, 7) is 5.08. The van der Waals surface area contributed by atoms with Gasteiger partial charge in [0.1, 0.15) is 10.7 Å². The molecule has 140 valence electrons. The number of carbonyl (C=O) groups is 1. The zero-order valence-electron chi connectivity index (χ0n) is 15.1. The van der Waals surface area contributed by atoms with Crippen LogP contribution in [0, 0.1) is 19.7 Å². The Morgan fingerprint density at radius 3 is 2.52 bits per heavy atom. The second-order valence-electron chi connectivity index (χ2n) is 6.61. The Hall–Kier alpha value is -2.68. The van der Waals surface area contributed by atoms with E-state index in [4.69, 9.17) is 0 Å². The molecule has 3 heterocycles. The van der Waals surface area contributed by atoms with Gasteiger partial charge in [-0.25, -0.2) is 9.37 Å². The summed E-state index contributed by atoms with van der Waals surface area (Å²) in [5, 5.41) is 13.6. The second kappa shape index (κ2) is 7.15. The van der Waals surface area contributed by atoms with E-state index in [1.807, 2.05) is 18.7 Å². The molecule has 0 bridgehead atoms. The molecule has 1 aromatic carbocycles. The molecule has 27 heavy (non-hydrogen) atoms. The Morgan fingerprint density at radius 1 is 1.19 bits per heavy atom. The number of aromatic nitrogens is 5. The van der Waals surface area contributed by atoms with Gasteiger partial charge in [-0.3, -0.25) is 4.79 Å². The van der Waals surface area contributed by atoms with Gasteiger partial charge in [0.05, 0.1) is 16.7 Å². The standard InChI is InChI=1S/C18H19FN6OS/c1-11-16(27-12(2)20-11)18(26)24-9-7-15(8-10-24)25-22-17(21-23-25)13-3-5-14(19)6-4-13/h3-6,15H,7-10H2,1-2H3. The van der Waals surface area contributed by atoms with Crippen molar-refractivity contribution in [2.75, 3.05) is 13.1 Å². The number of aryl methyl sites for hydroxylation is 2. The minimum Gasteiger partial charge on any atom is -0.338 e. The molecule has 0 radical (unpaired) electrons. The summed E-state index contributed by atoms with van der Waals surface area (Å²) in [6, 6.07) is 6.13. The van der Waals surface area contributed by atoms with E-state index in [0.717, 1.165) is 34.0 Å². The first kappa shape index (κ1) is 17.7. The van der Waals surface area contributed by atoms with Crippen LogP contribution in [0.3, 0.4) is 0 Å². The molecule has 0 spiro atoms. The Balaban J connectivity index is 1.41. The Kier molecular flexibility index (Phi) is 4.69. The van der Waals surface area contributed by atoms with Crippen molar-refractivity contribution in [3.05, 3.63) is 45.7 Å². The van der Waals surface area contributed by atoms with Gasteiger partial charge in [0, 0.05) is 18.7 Å². The number of piperidine rings is 1. The van der Waals surface area contributed by atoms with Crippen molar-refractivity contribution >= 4 is 17.2 Å². The maximum absolute atomic E-state index is 13.1. The minimum absolute atomic E-state index is 0.0510. The summed E-state index contributed by atoms with van der Waals surface area (Å²) in [7, 11) is 0. The molecule has 7 nitrogen and oxygen atoms in total. The van der Waals surface area contributed by atoms with E-state index in [1.54, 1.807) is 16.9 Å². The first-order valence-corrected chi connectivity index (χ1v) is 9.61. The van der Waals surface area contributed by atoms with Gasteiger partial charge in [0.25, 0.3) is 5.91 Å². The monoisotopic (exact) mass is 386 g/mol. The van der Waals surface area contributed by atoms with Gasteiger partial charge in [-0.2, -0.15) is 4.80 Å². The van der Waals surface area contributed by atoms with Crippen LogP contribution in [0.2, 0.25) is 0 Å². The van der Waals surface area contributed by atoms with Crippen LogP contribution in [0.1, 0.15) is 39.3 Å². The molecule has 9 heteroatoms. The van der Waals surface area contributed by atoms with Crippen LogP contribution in [0.15, 0.2) is 24.3 Å². The molecule has 1 aliphatic rings. The van der Waals surface area contributed by atoms with Crippen molar-refractivity contribution < 1.29 is 9.18 Å². The van der Waals surface area contributed by atoms with Crippen molar-refractivity contribution in [2.45, 2.75) is 32.7 Å². The quantitative estimate of drug-likeness (QED) is 0.691. The summed E-state index contributed by atoms with van der Waals surface area (Å²) in [4.78, 5) is 21.3. The highest BCUT2D eigenvalue weighted by atomic mass is 32.1. The van der Waals surface area contributed by atoms with Gasteiger partial charge < -0.3 is 4.90 Å². The molecule has 3 aromatic rings. The van der Waals surface area contributed by atoms with E-state index in [-0.39, 0.29) is 17.8 Å². The topological polar surface area (TPSA) is 76.8 Å². The van der Waals surface area contributed by atoms with Gasteiger partial charge in [0.2, 0.25) is 5.82 Å². The lowest BCUT2D eigenvalue weighted by Crippen LogP contribution is -2.39. The fraction of sp³-hybridized carbons (Fsp3) is 0.389. The average molecular weight is 386 g/mol. The lowest BCUT2D eigenvalue weighted by atomic mass is 10.1. The maximum Gasteiger partial charge on any atom is 0.265 e. The van der Waals surface area contributed by atoms with Crippen molar-refractivity contribution in [2.24, 2.45) is 0 Å². The number of amides is 1. The van der Waals surface area contributed by atoms with E-state index in [1.165, 1.54) is 23.5 Å². The number of carbonyl (C=O) groups excluding carboxylic acids is 1. The first-order chi connectivity index (χ1) is 13.0. The fourth-order valence-corrected chi connectivity index (χ4v) is 4.16. The number of rotatable bonds is 3. The molecule has 4 rings (SSSR count). The molecule has 0 atom stereocenters. The van der Waals surface area contributed by atoms with Crippen LogP contribution < -0.4 is 0 Å². The number of hydrogen-bond acceptors (Lipinski definition) is 6. The van der Waals surface area contributed by atoms with E-state index >= 15 is 0 Å². The molecular weight excluding hydrogens is 367 g/mol. The predicted octanol–water partition coefficient (Wildman–Crippen LogP) is 3.03. The van der Waals surface area contributed by atoms with Crippen LogP contribution >= 0.6 is 11.3 Å². The molecule has 1 amide bonds. The number of likely N-dealkylation sites (tertiary alicyclic amines) is 1. The smallest absolute Gasteiger partial charge is 0.265 e. The zero-order chi connectivity index (χ0) is 19.0. The van der Waals surface area contributed by atoms with E-state index in [9.17, 15) is 9.18 Å². The average Bonchev–Trinajstić information content (AvgIpc) is 3.28. The van der Waals surface area contributed by atoms with Gasteiger partial charge in [0.15, 0.2) is 0 Å². The van der Waals surface area contributed by atoms with E-state index in [2.05, 4.69) is 20.4 Å². The summed E-state index contributed by atoms with van der Waals surface area (Å²) in [5.74, 6) is 0.230. The first-order valence-electron chi connectivity index (χ1n) is 8.80. The summed E-state index contributed by atoms with van der Waals surface area (Å²) in [6.07, 6.45) is 1.53. The van der Waals surface area contributed by atoms with Crippen LogP contribution in [-0.4, -0.2) is 49.1 Å². The van der Waals surface area contributed by atoms with Crippen LogP contribution in [0.25, 0.3) is 11.4 Å². The van der Waals surface area contributed by atoms with Crippen molar-refractivity contribution in [1.29, 1.82) is 0 Å². The number of thiazole rings is 1. The number of hydrogen-bond donors (Lipinski definition) is 0. The number of benzene rings is 1. The zero-order valence-corrected chi connectivity index (χ0v) is 15.9. The highest BCUT2D eigenvalue weighted by Gasteiger charge is 2.28. The summed E-state index contributed by atoms with van der Waals surface area (Å²) < 4.78 is 13.1. The lowest BCUT2D eigenvalue weighted by molar-refractivity contribution is 0.0687. The molecule has 0 aliphatic carbocycles. The molecule has 0 saturated carbocycles. The number of nitrogens with zero attached hydrogens (tertiary/aromatic N) is 6. The molecule has 0 unspecified atom stereocenters. The van der Waals surface area contributed by atoms with Crippen LogP contribution in [0.5, 0.6) is 0 Å². The SMILES string of the molecule is Cc1nc(C)c(C(=O)N2CCC(n3nnc(-c4ccc(F)cc4)n3)CC2)s1. The maximum atomic E-state index is 13.1. The molecule has 1 aliphatic heterocycles. The summed E-state index contributed by atoms with van der Waals surface area (Å²) in [5.41, 5.74) is 1.53. The van der Waals surface area contributed by atoms with Gasteiger partial charge in [-0.15, -0.1) is 21.5 Å². The molecule has 1 saturated heterocycles. The third-order valence-electron chi connectivity index (χ3n) is 4.71. The second-order valence-corrected chi connectivity index (χ2v) is 7.81. The molecule has 0 N–H and O–H groups in total. The third kappa shape index (κ3) is 3.59. The highest BCUT2D eigenvalue weighted by molar-refractivity contribution is 7.13. The van der Waals surface area contributed by atoms with Crippen LogP contribution in [-0.2, 0) is 0 Å². The molecule has 1 fully saturated rings. The van der Waals surface area contributed by atoms with Gasteiger partial charge in [-0.1, -0.05) is 0 Å².